The normalized spacial score (nSPS) is 27.2. The van der Waals surface area contributed by atoms with Crippen molar-refractivity contribution in [2.24, 2.45) is 11.7 Å². The molecule has 1 saturated carbocycles. The van der Waals surface area contributed by atoms with E-state index in [9.17, 15) is 9.59 Å². The molecule has 5 nitrogen and oxygen atoms in total. The highest BCUT2D eigenvalue weighted by atomic mass is 16.4. The summed E-state index contributed by atoms with van der Waals surface area (Å²) in [4.78, 5) is 21.4. The van der Waals surface area contributed by atoms with Gasteiger partial charge in [0.25, 0.3) is 0 Å². The van der Waals surface area contributed by atoms with Crippen LogP contribution in [-0.2, 0) is 9.59 Å². The van der Waals surface area contributed by atoms with Gasteiger partial charge in [0.1, 0.15) is 0 Å². The van der Waals surface area contributed by atoms with Gasteiger partial charge in [-0.3, -0.25) is 9.59 Å². The summed E-state index contributed by atoms with van der Waals surface area (Å²) in [7, 11) is 0. The maximum atomic E-state index is 10.9. The van der Waals surface area contributed by atoms with Gasteiger partial charge < -0.3 is 16.2 Å². The maximum Gasteiger partial charge on any atom is 0.306 e. The largest absolute Gasteiger partial charge is 0.481 e. The van der Waals surface area contributed by atoms with E-state index in [1.807, 2.05) is 0 Å². The van der Waals surface area contributed by atoms with Crippen molar-refractivity contribution in [3.05, 3.63) is 0 Å². The SMILES string of the molecule is NCC(=O)NC1CCC(C(=O)O)C1. The van der Waals surface area contributed by atoms with E-state index >= 15 is 0 Å². The molecule has 0 bridgehead atoms. The summed E-state index contributed by atoms with van der Waals surface area (Å²) in [5.74, 6) is -1.29. The third-order valence-electron chi connectivity index (χ3n) is 2.33. The lowest BCUT2D eigenvalue weighted by Crippen LogP contribution is -2.37. The minimum Gasteiger partial charge on any atom is -0.481 e. The number of carbonyl (C=O) groups excluding carboxylic acids is 1. The highest BCUT2D eigenvalue weighted by Crippen LogP contribution is 2.25. The summed E-state index contributed by atoms with van der Waals surface area (Å²) in [6.45, 7) is -0.0335. The quantitative estimate of drug-likeness (QED) is 0.544. The number of nitrogens with one attached hydrogen (secondary N) is 1. The molecule has 4 N–H and O–H groups in total. The van der Waals surface area contributed by atoms with Crippen LogP contribution in [0, 0.1) is 5.92 Å². The van der Waals surface area contributed by atoms with E-state index in [0.717, 1.165) is 6.42 Å². The van der Waals surface area contributed by atoms with Crippen molar-refractivity contribution in [2.45, 2.75) is 25.3 Å². The lowest BCUT2D eigenvalue weighted by atomic mass is 10.1. The number of carboxylic acid groups (broad SMARTS) is 1. The highest BCUT2D eigenvalue weighted by Gasteiger charge is 2.30. The van der Waals surface area contributed by atoms with Crippen LogP contribution >= 0.6 is 0 Å². The number of hydrogen-bond acceptors (Lipinski definition) is 3. The number of nitrogens with two attached hydrogens (primary N) is 1. The van der Waals surface area contributed by atoms with Gasteiger partial charge in [-0.1, -0.05) is 0 Å². The Balaban J connectivity index is 2.33. The minimum atomic E-state index is -0.774. The first-order valence-corrected chi connectivity index (χ1v) is 4.35. The van der Waals surface area contributed by atoms with Crippen LogP contribution in [0.5, 0.6) is 0 Å². The molecule has 0 radical (unpaired) electrons. The zero-order valence-corrected chi connectivity index (χ0v) is 7.32. The Bertz CT molecular complexity index is 217. The lowest BCUT2D eigenvalue weighted by Gasteiger charge is -2.10. The molecule has 1 aliphatic rings. The van der Waals surface area contributed by atoms with E-state index in [0.29, 0.717) is 12.8 Å². The van der Waals surface area contributed by atoms with Crippen LogP contribution in [0.4, 0.5) is 0 Å². The van der Waals surface area contributed by atoms with Gasteiger partial charge in [0.05, 0.1) is 12.5 Å². The van der Waals surface area contributed by atoms with Crippen LogP contribution < -0.4 is 11.1 Å². The van der Waals surface area contributed by atoms with Gasteiger partial charge in [-0.25, -0.2) is 0 Å². The Labute approximate surface area is 76.3 Å². The molecule has 1 rings (SSSR count). The molecule has 0 aromatic heterocycles. The van der Waals surface area contributed by atoms with Crippen LogP contribution in [0.1, 0.15) is 19.3 Å². The first-order chi connectivity index (χ1) is 6.13. The molecule has 0 heterocycles. The third-order valence-corrected chi connectivity index (χ3v) is 2.33. The van der Waals surface area contributed by atoms with Gasteiger partial charge in [0.2, 0.25) is 5.91 Å². The molecule has 5 heteroatoms. The monoisotopic (exact) mass is 186 g/mol. The molecular formula is C8H14N2O3. The zero-order chi connectivity index (χ0) is 9.84. The Kier molecular flexibility index (Phi) is 3.25. The number of carbonyl (C=O) groups is 2. The zero-order valence-electron chi connectivity index (χ0n) is 7.32. The number of carboxylic acids is 1. The van der Waals surface area contributed by atoms with Crippen LogP contribution in [0.25, 0.3) is 0 Å². The first-order valence-electron chi connectivity index (χ1n) is 4.35. The number of rotatable bonds is 3. The molecule has 1 amide bonds. The van der Waals surface area contributed by atoms with Crippen molar-refractivity contribution >= 4 is 11.9 Å². The van der Waals surface area contributed by atoms with Crippen molar-refractivity contribution in [3.8, 4) is 0 Å². The Morgan fingerprint density at radius 3 is 2.62 bits per heavy atom. The molecular weight excluding hydrogens is 172 g/mol. The summed E-state index contributed by atoms with van der Waals surface area (Å²) in [6, 6.07) is -0.00264. The van der Waals surface area contributed by atoms with Crippen molar-refractivity contribution < 1.29 is 14.7 Å². The maximum absolute atomic E-state index is 10.9. The second-order valence-electron chi connectivity index (χ2n) is 3.32. The molecule has 1 fully saturated rings. The Hall–Kier alpha value is -1.10. The number of hydrogen-bond donors (Lipinski definition) is 3. The molecule has 0 aromatic rings. The second kappa shape index (κ2) is 4.23. The summed E-state index contributed by atoms with van der Waals surface area (Å²) in [6.07, 6.45) is 1.91. The van der Waals surface area contributed by atoms with E-state index in [-0.39, 0.29) is 24.4 Å². The van der Waals surface area contributed by atoms with Gasteiger partial charge in [0, 0.05) is 6.04 Å². The average molecular weight is 186 g/mol. The highest BCUT2D eigenvalue weighted by molar-refractivity contribution is 5.78. The molecule has 0 aliphatic heterocycles. The predicted octanol–water partition coefficient (Wildman–Crippen LogP) is -0.685. The van der Waals surface area contributed by atoms with Gasteiger partial charge in [-0.2, -0.15) is 0 Å². The van der Waals surface area contributed by atoms with Gasteiger partial charge >= 0.3 is 5.97 Å². The molecule has 0 aromatic carbocycles. The van der Waals surface area contributed by atoms with Crippen LogP contribution in [0.3, 0.4) is 0 Å². The van der Waals surface area contributed by atoms with Crippen LogP contribution in [-0.4, -0.2) is 29.6 Å². The van der Waals surface area contributed by atoms with Crippen molar-refractivity contribution in [1.82, 2.24) is 5.32 Å². The van der Waals surface area contributed by atoms with Gasteiger partial charge in [0.15, 0.2) is 0 Å². The second-order valence-corrected chi connectivity index (χ2v) is 3.32. The van der Waals surface area contributed by atoms with E-state index in [1.54, 1.807) is 0 Å². The lowest BCUT2D eigenvalue weighted by molar-refractivity contribution is -0.141. The van der Waals surface area contributed by atoms with E-state index < -0.39 is 5.97 Å². The Morgan fingerprint density at radius 2 is 2.15 bits per heavy atom. The summed E-state index contributed by atoms with van der Waals surface area (Å²) in [5.41, 5.74) is 5.12. The molecule has 13 heavy (non-hydrogen) atoms. The van der Waals surface area contributed by atoms with E-state index in [2.05, 4.69) is 5.32 Å². The smallest absolute Gasteiger partial charge is 0.306 e. The molecule has 1 aliphatic carbocycles. The number of amides is 1. The topological polar surface area (TPSA) is 92.4 Å². The predicted molar refractivity (Wildman–Crippen MR) is 46.0 cm³/mol. The minimum absolute atomic E-state index is 0.00264. The summed E-state index contributed by atoms with van der Waals surface area (Å²) < 4.78 is 0. The van der Waals surface area contributed by atoms with Crippen molar-refractivity contribution in [3.63, 3.8) is 0 Å². The number of aliphatic carboxylic acids is 1. The average Bonchev–Trinajstić information content (AvgIpc) is 2.52. The van der Waals surface area contributed by atoms with Gasteiger partial charge in [-0.15, -0.1) is 0 Å². The summed E-state index contributed by atoms with van der Waals surface area (Å²) in [5, 5.41) is 11.4. The van der Waals surface area contributed by atoms with E-state index in [4.69, 9.17) is 10.8 Å². The third kappa shape index (κ3) is 2.69. The molecule has 0 spiro atoms. The fourth-order valence-electron chi connectivity index (χ4n) is 1.62. The van der Waals surface area contributed by atoms with Gasteiger partial charge in [-0.05, 0) is 19.3 Å². The fraction of sp³-hybridized carbons (Fsp3) is 0.750. The van der Waals surface area contributed by atoms with Crippen LogP contribution in [0.2, 0.25) is 0 Å². The molecule has 2 unspecified atom stereocenters. The van der Waals surface area contributed by atoms with Crippen molar-refractivity contribution in [1.29, 1.82) is 0 Å². The van der Waals surface area contributed by atoms with Crippen molar-refractivity contribution in [2.75, 3.05) is 6.54 Å². The summed E-state index contributed by atoms with van der Waals surface area (Å²) >= 11 is 0. The Morgan fingerprint density at radius 1 is 1.46 bits per heavy atom. The van der Waals surface area contributed by atoms with Crippen LogP contribution in [0.15, 0.2) is 0 Å². The standard InChI is InChI=1S/C8H14N2O3/c9-4-7(11)10-6-2-1-5(3-6)8(12)13/h5-6H,1-4,9H2,(H,10,11)(H,12,13). The fourth-order valence-corrected chi connectivity index (χ4v) is 1.62. The molecule has 2 atom stereocenters. The molecule has 74 valence electrons. The van der Waals surface area contributed by atoms with E-state index in [1.165, 1.54) is 0 Å². The molecule has 0 saturated heterocycles. The first kappa shape index (κ1) is 9.98.